The molecule has 3 atom stereocenters. The third kappa shape index (κ3) is 4.56. The number of rotatable bonds is 5. The van der Waals surface area contributed by atoms with Crippen molar-refractivity contribution in [3.8, 4) is 5.69 Å². The molecule has 1 heterocycles. The monoisotopic (exact) mass is 411 g/mol. The van der Waals surface area contributed by atoms with Gasteiger partial charge in [-0.15, -0.1) is 0 Å². The first-order valence-corrected chi connectivity index (χ1v) is 9.72. The minimum Gasteiger partial charge on any atom is -0.369 e. The predicted octanol–water partition coefficient (Wildman–Crippen LogP) is 0.321. The molecule has 3 rings (SSSR count). The summed E-state index contributed by atoms with van der Waals surface area (Å²) in [5.41, 5.74) is 6.23. The molecule has 158 valence electrons. The number of primary amides is 1. The van der Waals surface area contributed by atoms with Crippen LogP contribution in [0.25, 0.3) is 5.69 Å². The fraction of sp³-hybridized carbons (Fsp3) is 0.381. The highest BCUT2D eigenvalue weighted by Gasteiger charge is 2.38. The maximum Gasteiger partial charge on any atom is 0.273 e. The summed E-state index contributed by atoms with van der Waals surface area (Å²) in [6.45, 7) is 0. The molecule has 1 aliphatic rings. The summed E-state index contributed by atoms with van der Waals surface area (Å²) in [5, 5.41) is 2.87. The topological polar surface area (TPSA) is 127 Å². The number of carbonyl (C=O) groups excluding carboxylic acids is 3. The molecule has 3 amide bonds. The van der Waals surface area contributed by atoms with Crippen molar-refractivity contribution in [3.63, 3.8) is 0 Å². The summed E-state index contributed by atoms with van der Waals surface area (Å²) in [5.74, 6) is -1.65. The lowest BCUT2D eigenvalue weighted by molar-refractivity contribution is -0.136. The molecule has 1 aromatic heterocycles. The molecule has 0 bridgehead atoms. The first-order chi connectivity index (χ1) is 14.3. The van der Waals surface area contributed by atoms with Crippen LogP contribution in [0.3, 0.4) is 0 Å². The van der Waals surface area contributed by atoms with Crippen molar-refractivity contribution in [2.75, 3.05) is 14.1 Å². The second-order valence-corrected chi connectivity index (χ2v) is 7.66. The zero-order valence-corrected chi connectivity index (χ0v) is 16.9. The number of carbonyl (C=O) groups is 3. The van der Waals surface area contributed by atoms with Gasteiger partial charge in [0.2, 0.25) is 11.8 Å². The fourth-order valence-corrected chi connectivity index (χ4v) is 3.85. The normalized spacial score (nSPS) is 20.9. The van der Waals surface area contributed by atoms with Crippen molar-refractivity contribution in [2.24, 2.45) is 17.6 Å². The van der Waals surface area contributed by atoms with Gasteiger partial charge in [0.05, 0.1) is 12.1 Å². The number of nitrogens with zero attached hydrogens (tertiary/aromatic N) is 3. The molecule has 0 saturated heterocycles. The Hall–Kier alpha value is -3.49. The van der Waals surface area contributed by atoms with Crippen molar-refractivity contribution in [2.45, 2.75) is 25.3 Å². The van der Waals surface area contributed by atoms with E-state index in [2.05, 4.69) is 10.3 Å². The Morgan fingerprint density at radius 1 is 1.17 bits per heavy atom. The third-order valence-corrected chi connectivity index (χ3v) is 5.45. The van der Waals surface area contributed by atoms with E-state index in [1.165, 1.54) is 21.9 Å². The SMILES string of the molecule is CN(C)C(=O)C1CCC(C(N)=O)C(NC(=O)c2ccc(-n3ccncc3=O)cc2)C1. The van der Waals surface area contributed by atoms with Crippen molar-refractivity contribution in [3.05, 3.63) is 58.8 Å². The Labute approximate surface area is 173 Å². The van der Waals surface area contributed by atoms with E-state index in [0.29, 0.717) is 30.5 Å². The first-order valence-electron chi connectivity index (χ1n) is 9.72. The summed E-state index contributed by atoms with van der Waals surface area (Å²) >= 11 is 0. The van der Waals surface area contributed by atoms with Crippen LogP contribution in [0.4, 0.5) is 0 Å². The molecule has 1 saturated carbocycles. The van der Waals surface area contributed by atoms with Gasteiger partial charge in [-0.05, 0) is 43.5 Å². The average Bonchev–Trinajstić information content (AvgIpc) is 2.73. The van der Waals surface area contributed by atoms with Crippen LogP contribution in [-0.2, 0) is 9.59 Å². The molecule has 2 aromatic rings. The minimum atomic E-state index is -0.519. The smallest absolute Gasteiger partial charge is 0.273 e. The van der Waals surface area contributed by atoms with Gasteiger partial charge in [-0.2, -0.15) is 0 Å². The molecular formula is C21H25N5O4. The van der Waals surface area contributed by atoms with Crippen LogP contribution in [-0.4, -0.2) is 52.3 Å². The Bertz CT molecular complexity index is 999. The second kappa shape index (κ2) is 8.89. The number of hydrogen-bond acceptors (Lipinski definition) is 5. The van der Waals surface area contributed by atoms with Gasteiger partial charge < -0.3 is 16.0 Å². The van der Waals surface area contributed by atoms with Gasteiger partial charge >= 0.3 is 0 Å². The molecule has 3 N–H and O–H groups in total. The number of amides is 3. The van der Waals surface area contributed by atoms with E-state index in [4.69, 9.17) is 5.73 Å². The van der Waals surface area contributed by atoms with Gasteiger partial charge in [-0.3, -0.25) is 28.7 Å². The summed E-state index contributed by atoms with van der Waals surface area (Å²) in [6.07, 6.45) is 5.63. The maximum atomic E-state index is 12.8. The van der Waals surface area contributed by atoms with Gasteiger partial charge in [-0.25, -0.2) is 0 Å². The van der Waals surface area contributed by atoms with E-state index >= 15 is 0 Å². The van der Waals surface area contributed by atoms with E-state index in [1.54, 1.807) is 44.6 Å². The van der Waals surface area contributed by atoms with Gasteiger partial charge in [0.1, 0.15) is 0 Å². The molecule has 1 fully saturated rings. The molecule has 3 unspecified atom stereocenters. The highest BCUT2D eigenvalue weighted by molar-refractivity contribution is 5.95. The van der Waals surface area contributed by atoms with E-state index < -0.39 is 17.9 Å². The number of nitrogens with two attached hydrogens (primary N) is 1. The Morgan fingerprint density at radius 3 is 2.47 bits per heavy atom. The van der Waals surface area contributed by atoms with Gasteiger partial charge in [0.15, 0.2) is 0 Å². The Balaban J connectivity index is 1.75. The summed E-state index contributed by atoms with van der Waals surface area (Å²) < 4.78 is 1.41. The van der Waals surface area contributed by atoms with E-state index in [-0.39, 0.29) is 23.3 Å². The fourth-order valence-electron chi connectivity index (χ4n) is 3.85. The molecule has 0 radical (unpaired) electrons. The van der Waals surface area contributed by atoms with Crippen LogP contribution >= 0.6 is 0 Å². The van der Waals surface area contributed by atoms with E-state index in [9.17, 15) is 19.2 Å². The van der Waals surface area contributed by atoms with E-state index in [0.717, 1.165) is 0 Å². The first kappa shape index (κ1) is 21.2. The van der Waals surface area contributed by atoms with Crippen LogP contribution in [0, 0.1) is 11.8 Å². The molecule has 30 heavy (non-hydrogen) atoms. The number of aromatic nitrogens is 2. The molecule has 0 spiro atoms. The molecule has 1 aliphatic carbocycles. The van der Waals surface area contributed by atoms with Gasteiger partial charge in [-0.1, -0.05) is 0 Å². The Morgan fingerprint density at radius 2 is 1.87 bits per heavy atom. The largest absolute Gasteiger partial charge is 0.369 e. The molecule has 9 heteroatoms. The third-order valence-electron chi connectivity index (χ3n) is 5.45. The van der Waals surface area contributed by atoms with Gasteiger partial charge in [0.25, 0.3) is 11.5 Å². The molecule has 9 nitrogen and oxygen atoms in total. The van der Waals surface area contributed by atoms with Crippen LogP contribution in [0.1, 0.15) is 29.6 Å². The van der Waals surface area contributed by atoms with Crippen molar-refractivity contribution < 1.29 is 14.4 Å². The van der Waals surface area contributed by atoms with Crippen LogP contribution in [0.15, 0.2) is 47.7 Å². The number of benzene rings is 1. The van der Waals surface area contributed by atoms with Crippen LogP contribution in [0.2, 0.25) is 0 Å². The maximum absolute atomic E-state index is 12.8. The van der Waals surface area contributed by atoms with E-state index in [1.807, 2.05) is 0 Å². The summed E-state index contributed by atoms with van der Waals surface area (Å²) in [4.78, 5) is 54.1. The quantitative estimate of drug-likeness (QED) is 0.732. The average molecular weight is 411 g/mol. The zero-order valence-electron chi connectivity index (χ0n) is 16.9. The minimum absolute atomic E-state index is 0.0238. The highest BCUT2D eigenvalue weighted by Crippen LogP contribution is 2.30. The number of hydrogen-bond donors (Lipinski definition) is 2. The molecular weight excluding hydrogens is 386 g/mol. The molecule has 1 aromatic carbocycles. The number of nitrogens with one attached hydrogen (secondary N) is 1. The van der Waals surface area contributed by atoms with Crippen molar-refractivity contribution in [1.82, 2.24) is 19.8 Å². The lowest BCUT2D eigenvalue weighted by Gasteiger charge is -2.35. The van der Waals surface area contributed by atoms with Crippen molar-refractivity contribution in [1.29, 1.82) is 0 Å². The zero-order chi connectivity index (χ0) is 21.8. The summed E-state index contributed by atoms with van der Waals surface area (Å²) in [7, 11) is 3.37. The Kier molecular flexibility index (Phi) is 6.29. The van der Waals surface area contributed by atoms with Gasteiger partial charge in [0, 0.05) is 49.7 Å². The van der Waals surface area contributed by atoms with Crippen molar-refractivity contribution >= 4 is 17.7 Å². The standard InChI is InChI=1S/C21H25N5O4/c1-25(2)21(30)14-5-8-16(19(22)28)17(11-14)24-20(29)13-3-6-15(7-4-13)26-10-9-23-12-18(26)27/h3-4,6-7,9-10,12,14,16-17H,5,8,11H2,1-2H3,(H2,22,28)(H,24,29). The van der Waals surface area contributed by atoms with Crippen LogP contribution < -0.4 is 16.6 Å². The molecule has 0 aliphatic heterocycles. The lowest BCUT2D eigenvalue weighted by Crippen LogP contribution is -2.50. The second-order valence-electron chi connectivity index (χ2n) is 7.66. The summed E-state index contributed by atoms with van der Waals surface area (Å²) in [6, 6.07) is 5.99. The predicted molar refractivity (Wildman–Crippen MR) is 110 cm³/mol. The highest BCUT2D eigenvalue weighted by atomic mass is 16.2. The van der Waals surface area contributed by atoms with Crippen LogP contribution in [0.5, 0.6) is 0 Å². The lowest BCUT2D eigenvalue weighted by atomic mass is 9.77.